The van der Waals surface area contributed by atoms with Gasteiger partial charge < -0.3 is 15.7 Å². The van der Waals surface area contributed by atoms with Crippen molar-refractivity contribution in [2.24, 2.45) is 0 Å². The Morgan fingerprint density at radius 1 is 1.25 bits per heavy atom. The SMILES string of the molecule is O.O=C(O)O.[BaH2].[Cu].[Y]. The zero-order valence-corrected chi connectivity index (χ0v) is 6.96. The third-order valence-electron chi connectivity index (χ3n) is 0. The summed E-state index contributed by atoms with van der Waals surface area (Å²) in [6.45, 7) is 0. The summed E-state index contributed by atoms with van der Waals surface area (Å²) in [4.78, 5) is 8.56. The second-order valence-electron chi connectivity index (χ2n) is 0.283. The molecule has 0 rings (SSSR count). The van der Waals surface area contributed by atoms with Crippen molar-refractivity contribution in [3.8, 4) is 0 Å². The first kappa shape index (κ1) is 31.5. The van der Waals surface area contributed by atoms with E-state index in [1.54, 1.807) is 0 Å². The van der Waals surface area contributed by atoms with Crippen molar-refractivity contribution in [2.75, 3.05) is 0 Å². The molecule has 0 aliphatic carbocycles. The van der Waals surface area contributed by atoms with Crippen LogP contribution in [0, 0.1) is 0 Å². The van der Waals surface area contributed by atoms with Gasteiger partial charge in [0.05, 0.1) is 0 Å². The summed E-state index contributed by atoms with van der Waals surface area (Å²) in [6, 6.07) is 0. The molecule has 0 saturated heterocycles. The van der Waals surface area contributed by atoms with Gasteiger partial charge in [-0.15, -0.1) is 0 Å². The zero-order chi connectivity index (χ0) is 3.58. The van der Waals surface area contributed by atoms with Gasteiger partial charge in [0.1, 0.15) is 0 Å². The van der Waals surface area contributed by atoms with Crippen molar-refractivity contribution < 1.29 is 70.3 Å². The minimum atomic E-state index is -1.83. The molecular weight excluding hydrogens is 366 g/mol. The minimum absolute atomic E-state index is 0. The molecule has 4 nitrogen and oxygen atoms in total. The Labute approximate surface area is 123 Å². The van der Waals surface area contributed by atoms with Crippen molar-refractivity contribution in [3.63, 3.8) is 0 Å². The molecule has 0 aromatic rings. The van der Waals surface area contributed by atoms with Crippen LogP contribution < -0.4 is 0 Å². The van der Waals surface area contributed by atoms with Gasteiger partial charge >= 0.3 is 55.0 Å². The fraction of sp³-hybridized carbons (Fsp3) is 0. The van der Waals surface area contributed by atoms with E-state index in [1.807, 2.05) is 0 Å². The Hall–Kier alpha value is 2.42. The summed E-state index contributed by atoms with van der Waals surface area (Å²) in [5.41, 5.74) is 0. The van der Waals surface area contributed by atoms with Crippen molar-refractivity contribution >= 4 is 55.0 Å². The molecule has 50 valence electrons. The molecule has 0 aliphatic heterocycles. The van der Waals surface area contributed by atoms with Gasteiger partial charge in [-0.1, -0.05) is 0 Å². The Morgan fingerprint density at radius 3 is 1.25 bits per heavy atom. The summed E-state index contributed by atoms with van der Waals surface area (Å²) < 4.78 is 0. The van der Waals surface area contributed by atoms with Crippen LogP contribution in [0.15, 0.2) is 0 Å². The van der Waals surface area contributed by atoms with Crippen LogP contribution in [0.4, 0.5) is 4.79 Å². The van der Waals surface area contributed by atoms with Crippen LogP contribution in [0.3, 0.4) is 0 Å². The van der Waals surface area contributed by atoms with E-state index in [0.29, 0.717) is 0 Å². The molecule has 0 aliphatic rings. The Kier molecular flexibility index (Phi) is 89.4. The predicted molar refractivity (Wildman–Crippen MR) is 22.8 cm³/mol. The first-order valence-electron chi connectivity index (χ1n) is 0.651. The van der Waals surface area contributed by atoms with Crippen LogP contribution >= 0.6 is 0 Å². The number of carboxylic acid groups (broad SMARTS) is 2. The number of carbonyl (C=O) groups is 1. The maximum Gasteiger partial charge on any atom is 0 e. The maximum atomic E-state index is 8.56. The largest absolute Gasteiger partial charge is 0 e. The van der Waals surface area contributed by atoms with E-state index in [4.69, 9.17) is 15.0 Å². The summed E-state index contributed by atoms with van der Waals surface area (Å²) in [7, 11) is 0. The predicted octanol–water partition coefficient (Wildman–Crippen LogP) is -1.52. The number of rotatable bonds is 0. The van der Waals surface area contributed by atoms with Crippen molar-refractivity contribution in [3.05, 3.63) is 0 Å². The van der Waals surface area contributed by atoms with Crippen molar-refractivity contribution in [1.82, 2.24) is 0 Å². The summed E-state index contributed by atoms with van der Waals surface area (Å²) in [5.74, 6) is 0. The van der Waals surface area contributed by atoms with E-state index in [-0.39, 0.29) is 104 Å². The topological polar surface area (TPSA) is 89.0 Å². The maximum absolute atomic E-state index is 8.56. The fourth-order valence-electron chi connectivity index (χ4n) is 0. The fourth-order valence-corrected chi connectivity index (χ4v) is 0. The second kappa shape index (κ2) is 22.7. The molecule has 8 heavy (non-hydrogen) atoms. The Balaban J connectivity index is -0.00000000750. The van der Waals surface area contributed by atoms with E-state index >= 15 is 0 Å². The number of hydrogen-bond acceptors (Lipinski definition) is 1. The molecule has 7 heteroatoms. The molecular formula is CH6BaCuO4Y. The monoisotopic (exact) mass is 372 g/mol. The van der Waals surface area contributed by atoms with Gasteiger partial charge in [0, 0.05) is 49.8 Å². The molecule has 0 fully saturated rings. The van der Waals surface area contributed by atoms with Crippen LogP contribution in [0.25, 0.3) is 0 Å². The van der Waals surface area contributed by atoms with Gasteiger partial charge in [-0.25, -0.2) is 4.79 Å². The molecule has 0 spiro atoms. The normalized spacial score (nSPS) is 3.00. The smallest absolute Gasteiger partial charge is 0 e. The molecule has 4 N–H and O–H groups in total. The average molecular weight is 372 g/mol. The van der Waals surface area contributed by atoms with Crippen LogP contribution in [-0.2, 0) is 49.8 Å². The van der Waals surface area contributed by atoms with E-state index in [0.717, 1.165) is 0 Å². The van der Waals surface area contributed by atoms with Crippen molar-refractivity contribution in [1.29, 1.82) is 0 Å². The van der Waals surface area contributed by atoms with Crippen LogP contribution in [-0.4, -0.2) is 70.7 Å². The molecule has 0 aromatic heterocycles. The molecule has 0 atom stereocenters. The molecule has 0 aromatic carbocycles. The third-order valence-corrected chi connectivity index (χ3v) is 0. The minimum Gasteiger partial charge on any atom is 0 e. The van der Waals surface area contributed by atoms with Crippen LogP contribution in [0.5, 0.6) is 0 Å². The quantitative estimate of drug-likeness (QED) is 0.507. The summed E-state index contributed by atoms with van der Waals surface area (Å²) in [5, 5.41) is 13.9. The van der Waals surface area contributed by atoms with Gasteiger partial charge in [0.15, 0.2) is 0 Å². The van der Waals surface area contributed by atoms with E-state index in [9.17, 15) is 0 Å². The van der Waals surface area contributed by atoms with Crippen LogP contribution in [0.2, 0.25) is 0 Å². The molecule has 0 heterocycles. The molecule has 0 bridgehead atoms. The van der Waals surface area contributed by atoms with Gasteiger partial charge in [-0.2, -0.15) is 0 Å². The molecule has 0 unspecified atom stereocenters. The first-order valence-corrected chi connectivity index (χ1v) is 0.651. The van der Waals surface area contributed by atoms with E-state index in [1.165, 1.54) is 0 Å². The van der Waals surface area contributed by atoms with Gasteiger partial charge in [-0.05, 0) is 0 Å². The third kappa shape index (κ3) is 79.0. The van der Waals surface area contributed by atoms with E-state index in [2.05, 4.69) is 0 Å². The Bertz CT molecular complexity index is 39.0. The number of hydrogen-bond donors (Lipinski definition) is 2. The van der Waals surface area contributed by atoms with Crippen molar-refractivity contribution in [2.45, 2.75) is 0 Å². The first-order chi connectivity index (χ1) is 1.73. The van der Waals surface area contributed by atoms with E-state index < -0.39 is 6.16 Å². The average Bonchev–Trinajstić information content (AvgIpc) is 0.811. The summed E-state index contributed by atoms with van der Waals surface area (Å²) >= 11 is 0. The second-order valence-corrected chi connectivity index (χ2v) is 0.283. The van der Waals surface area contributed by atoms with Gasteiger partial charge in [0.25, 0.3) is 0 Å². The van der Waals surface area contributed by atoms with Gasteiger partial charge in [0.2, 0.25) is 0 Å². The Morgan fingerprint density at radius 2 is 1.25 bits per heavy atom. The standard InChI is InChI=1S/CH2O3.Ba.Cu.H2O.Y.2H/c2-1(3)4;;;;;;/h(H2,2,3,4);;;1H2;;;. The van der Waals surface area contributed by atoms with Gasteiger partial charge in [-0.3, -0.25) is 0 Å². The summed E-state index contributed by atoms with van der Waals surface area (Å²) in [6.07, 6.45) is -1.83. The molecule has 0 saturated carbocycles. The van der Waals surface area contributed by atoms with Crippen LogP contribution in [0.1, 0.15) is 0 Å². The zero-order valence-electron chi connectivity index (χ0n) is 3.18. The molecule has 0 amide bonds. The molecule has 2 radical (unpaired) electrons.